The van der Waals surface area contributed by atoms with Crippen LogP contribution in [0.25, 0.3) is 5.69 Å². The minimum absolute atomic E-state index is 0.510. The number of aliphatic imine (C=N–C) groups is 1. The maximum absolute atomic E-state index is 4.84. The number of para-hydroxylation sites is 1. The van der Waals surface area contributed by atoms with Gasteiger partial charge >= 0.3 is 0 Å². The van der Waals surface area contributed by atoms with Gasteiger partial charge in [0.2, 0.25) is 0 Å². The Morgan fingerprint density at radius 1 is 1.20 bits per heavy atom. The van der Waals surface area contributed by atoms with Gasteiger partial charge in [-0.05, 0) is 37.3 Å². The van der Waals surface area contributed by atoms with E-state index in [-0.39, 0.29) is 0 Å². The third-order valence-corrected chi connectivity index (χ3v) is 4.53. The Morgan fingerprint density at radius 3 is 2.60 bits per heavy atom. The molecule has 0 amide bonds. The molecule has 134 valence electrons. The van der Waals surface area contributed by atoms with Gasteiger partial charge in [0.15, 0.2) is 11.8 Å². The molecule has 1 aromatic heterocycles. The zero-order chi connectivity index (χ0) is 17.6. The van der Waals surface area contributed by atoms with E-state index in [1.165, 1.54) is 6.42 Å². The smallest absolute Gasteiger partial charge is 0.194 e. The summed E-state index contributed by atoms with van der Waals surface area (Å²) < 4.78 is 1.99. The summed E-state index contributed by atoms with van der Waals surface area (Å²) in [5.41, 5.74) is 1.06. The molecule has 0 spiro atoms. The number of hydrogen-bond donors (Lipinski definition) is 1. The number of benzene rings is 1. The third-order valence-electron chi connectivity index (χ3n) is 4.53. The van der Waals surface area contributed by atoms with Crippen LogP contribution < -0.4 is 5.32 Å². The number of guanidine groups is 1. The van der Waals surface area contributed by atoms with Crippen molar-refractivity contribution in [2.24, 2.45) is 16.8 Å². The average molecular weight is 340 g/mol. The molecule has 6 heteroatoms. The van der Waals surface area contributed by atoms with Crippen LogP contribution in [0.5, 0.6) is 0 Å². The fourth-order valence-electron chi connectivity index (χ4n) is 3.58. The minimum Gasteiger partial charge on any atom is -0.357 e. The normalized spacial score (nSPS) is 21.4. The van der Waals surface area contributed by atoms with Gasteiger partial charge in [0.05, 0.1) is 0 Å². The summed E-state index contributed by atoms with van der Waals surface area (Å²) in [6.07, 6.45) is 3.04. The second kappa shape index (κ2) is 8.14. The van der Waals surface area contributed by atoms with E-state index in [4.69, 9.17) is 4.99 Å². The summed E-state index contributed by atoms with van der Waals surface area (Å²) in [7, 11) is 0. The molecule has 0 bridgehead atoms. The standard InChI is InChI=1S/C19H28N6/c1-4-20-19(24-12-15(2)10-16(3)13-24)21-11-18-23-22-14-25(18)17-8-6-5-7-9-17/h5-9,14-16H,4,10-13H2,1-3H3,(H,20,21). The highest BCUT2D eigenvalue weighted by Crippen LogP contribution is 2.21. The molecule has 6 nitrogen and oxygen atoms in total. The highest BCUT2D eigenvalue weighted by molar-refractivity contribution is 5.80. The van der Waals surface area contributed by atoms with Crippen molar-refractivity contribution in [1.82, 2.24) is 25.0 Å². The predicted octanol–water partition coefficient (Wildman–Crippen LogP) is 2.71. The molecule has 1 saturated heterocycles. The molecule has 1 aliphatic heterocycles. The first kappa shape index (κ1) is 17.5. The molecule has 1 N–H and O–H groups in total. The molecular formula is C19H28N6. The molecule has 2 atom stereocenters. The third kappa shape index (κ3) is 4.38. The summed E-state index contributed by atoms with van der Waals surface area (Å²) >= 11 is 0. The maximum atomic E-state index is 4.84. The van der Waals surface area contributed by atoms with Crippen LogP contribution in [0.3, 0.4) is 0 Å². The van der Waals surface area contributed by atoms with Crippen LogP contribution in [0.4, 0.5) is 0 Å². The van der Waals surface area contributed by atoms with E-state index in [0.29, 0.717) is 18.4 Å². The first-order chi connectivity index (χ1) is 12.2. The first-order valence-corrected chi connectivity index (χ1v) is 9.15. The zero-order valence-corrected chi connectivity index (χ0v) is 15.4. The molecule has 0 aliphatic carbocycles. The van der Waals surface area contributed by atoms with Gasteiger partial charge in [-0.1, -0.05) is 32.0 Å². The van der Waals surface area contributed by atoms with Gasteiger partial charge in [0.25, 0.3) is 0 Å². The van der Waals surface area contributed by atoms with Gasteiger partial charge in [-0.15, -0.1) is 10.2 Å². The van der Waals surface area contributed by atoms with Gasteiger partial charge in [-0.25, -0.2) is 4.99 Å². The lowest BCUT2D eigenvalue weighted by molar-refractivity contribution is 0.208. The number of likely N-dealkylation sites (tertiary alicyclic amines) is 1. The highest BCUT2D eigenvalue weighted by atomic mass is 15.3. The van der Waals surface area contributed by atoms with Crippen LogP contribution in [0, 0.1) is 11.8 Å². The second-order valence-electron chi connectivity index (χ2n) is 6.97. The summed E-state index contributed by atoms with van der Waals surface area (Å²) in [4.78, 5) is 7.22. The average Bonchev–Trinajstić information content (AvgIpc) is 3.07. The number of hydrogen-bond acceptors (Lipinski definition) is 3. The van der Waals surface area contributed by atoms with Gasteiger partial charge in [0.1, 0.15) is 12.9 Å². The Bertz CT molecular complexity index is 683. The Morgan fingerprint density at radius 2 is 1.92 bits per heavy atom. The SMILES string of the molecule is CCNC(=NCc1nncn1-c1ccccc1)N1CC(C)CC(C)C1. The number of piperidine rings is 1. The Labute approximate surface area is 150 Å². The summed E-state index contributed by atoms with van der Waals surface area (Å²) in [5.74, 6) is 3.21. The summed E-state index contributed by atoms with van der Waals surface area (Å²) in [5, 5.41) is 11.8. The molecule has 25 heavy (non-hydrogen) atoms. The zero-order valence-electron chi connectivity index (χ0n) is 15.4. The highest BCUT2D eigenvalue weighted by Gasteiger charge is 2.24. The number of nitrogens with zero attached hydrogens (tertiary/aromatic N) is 5. The summed E-state index contributed by atoms with van der Waals surface area (Å²) in [6.45, 7) is 10.2. The van der Waals surface area contributed by atoms with Crippen molar-refractivity contribution in [3.05, 3.63) is 42.5 Å². The van der Waals surface area contributed by atoms with Gasteiger partial charge in [-0.2, -0.15) is 0 Å². The minimum atomic E-state index is 0.510. The number of nitrogens with one attached hydrogen (secondary N) is 1. The van der Waals surface area contributed by atoms with E-state index >= 15 is 0 Å². The Kier molecular flexibility index (Phi) is 5.68. The van der Waals surface area contributed by atoms with Crippen molar-refractivity contribution in [1.29, 1.82) is 0 Å². The van der Waals surface area contributed by atoms with Crippen molar-refractivity contribution in [3.8, 4) is 5.69 Å². The molecule has 2 unspecified atom stereocenters. The molecule has 0 saturated carbocycles. The van der Waals surface area contributed by atoms with E-state index in [1.807, 2.05) is 22.8 Å². The van der Waals surface area contributed by atoms with E-state index in [0.717, 1.165) is 37.1 Å². The molecule has 0 radical (unpaired) electrons. The molecule has 2 aromatic rings. The summed E-state index contributed by atoms with van der Waals surface area (Å²) in [6, 6.07) is 10.1. The maximum Gasteiger partial charge on any atom is 0.194 e. The van der Waals surface area contributed by atoms with E-state index < -0.39 is 0 Å². The molecule has 1 aromatic carbocycles. The number of aromatic nitrogens is 3. The Hall–Kier alpha value is -2.37. The van der Waals surface area contributed by atoms with Crippen LogP contribution >= 0.6 is 0 Å². The second-order valence-corrected chi connectivity index (χ2v) is 6.97. The van der Waals surface area contributed by atoms with Crippen LogP contribution in [0.1, 0.15) is 33.0 Å². The lowest BCUT2D eigenvalue weighted by Gasteiger charge is -2.37. The van der Waals surface area contributed by atoms with Crippen LogP contribution in [-0.2, 0) is 6.54 Å². The van der Waals surface area contributed by atoms with Crippen molar-refractivity contribution in [2.45, 2.75) is 33.7 Å². The van der Waals surface area contributed by atoms with Crippen molar-refractivity contribution >= 4 is 5.96 Å². The monoisotopic (exact) mass is 340 g/mol. The van der Waals surface area contributed by atoms with E-state index in [9.17, 15) is 0 Å². The molecule has 1 aliphatic rings. The quantitative estimate of drug-likeness (QED) is 0.687. The van der Waals surface area contributed by atoms with Gasteiger partial charge in [0, 0.05) is 25.3 Å². The van der Waals surface area contributed by atoms with Crippen LogP contribution in [0.15, 0.2) is 41.7 Å². The lowest BCUT2D eigenvalue weighted by atomic mass is 9.92. The van der Waals surface area contributed by atoms with E-state index in [1.54, 1.807) is 6.33 Å². The van der Waals surface area contributed by atoms with E-state index in [2.05, 4.69) is 53.3 Å². The van der Waals surface area contributed by atoms with Crippen LogP contribution in [0.2, 0.25) is 0 Å². The topological polar surface area (TPSA) is 58.3 Å². The van der Waals surface area contributed by atoms with Crippen LogP contribution in [-0.4, -0.2) is 45.3 Å². The van der Waals surface area contributed by atoms with Gasteiger partial charge in [-0.3, -0.25) is 4.57 Å². The fourth-order valence-corrected chi connectivity index (χ4v) is 3.58. The van der Waals surface area contributed by atoms with Gasteiger partial charge < -0.3 is 10.2 Å². The molecule has 2 heterocycles. The molecular weight excluding hydrogens is 312 g/mol. The Balaban J connectivity index is 1.78. The number of rotatable bonds is 4. The molecule has 1 fully saturated rings. The predicted molar refractivity (Wildman–Crippen MR) is 101 cm³/mol. The largest absolute Gasteiger partial charge is 0.357 e. The fraction of sp³-hybridized carbons (Fsp3) is 0.526. The van der Waals surface area contributed by atoms with Crippen molar-refractivity contribution < 1.29 is 0 Å². The van der Waals surface area contributed by atoms with Crippen molar-refractivity contribution in [3.63, 3.8) is 0 Å². The molecule has 3 rings (SSSR count). The first-order valence-electron chi connectivity index (χ1n) is 9.15. The lowest BCUT2D eigenvalue weighted by Crippen LogP contribution is -2.48. The van der Waals surface area contributed by atoms with Crippen molar-refractivity contribution in [2.75, 3.05) is 19.6 Å².